The molecule has 0 aliphatic heterocycles. The summed E-state index contributed by atoms with van der Waals surface area (Å²) < 4.78 is 0. The minimum Gasteiger partial charge on any atom is -0.368 e. The number of aromatic nitrogens is 2. The minimum absolute atomic E-state index is 0.322. The molecule has 12 heavy (non-hydrogen) atoms. The van der Waals surface area contributed by atoms with E-state index in [0.29, 0.717) is 5.95 Å². The van der Waals surface area contributed by atoms with Gasteiger partial charge in [0.15, 0.2) is 0 Å². The second-order valence-corrected chi connectivity index (χ2v) is 2.18. The summed E-state index contributed by atoms with van der Waals surface area (Å²) in [5, 5.41) is 0. The molecule has 0 spiro atoms. The van der Waals surface area contributed by atoms with Gasteiger partial charge in [-0.3, -0.25) is 4.79 Å². The number of carbonyl (C=O) groups excluding carboxylic acids is 1. The van der Waals surface area contributed by atoms with E-state index in [-0.39, 0.29) is 0 Å². The molecule has 0 fully saturated rings. The van der Waals surface area contributed by atoms with Crippen molar-refractivity contribution in [3.8, 4) is 0 Å². The molecule has 2 N–H and O–H groups in total. The van der Waals surface area contributed by atoms with Crippen molar-refractivity contribution in [1.82, 2.24) is 14.9 Å². The van der Waals surface area contributed by atoms with E-state index in [1.807, 2.05) is 0 Å². The molecule has 66 valence electrons. The third-order valence-corrected chi connectivity index (χ3v) is 0.797. The van der Waals surface area contributed by atoms with E-state index < -0.39 is 0 Å². The maximum atomic E-state index is 9.43. The second kappa shape index (κ2) is 6.09. The van der Waals surface area contributed by atoms with Crippen molar-refractivity contribution in [2.75, 3.05) is 19.8 Å². The zero-order valence-electron chi connectivity index (χ0n) is 7.14. The van der Waals surface area contributed by atoms with Crippen LogP contribution in [0.1, 0.15) is 0 Å². The number of hydrogen-bond donors (Lipinski definition) is 1. The predicted molar refractivity (Wildman–Crippen MR) is 46.2 cm³/mol. The van der Waals surface area contributed by atoms with Gasteiger partial charge in [0.2, 0.25) is 12.4 Å². The van der Waals surface area contributed by atoms with Gasteiger partial charge in [0.25, 0.3) is 0 Å². The smallest absolute Gasteiger partial charge is 0.219 e. The molecule has 0 aliphatic carbocycles. The van der Waals surface area contributed by atoms with Gasteiger partial charge < -0.3 is 10.6 Å². The first-order valence-electron chi connectivity index (χ1n) is 3.31. The van der Waals surface area contributed by atoms with E-state index in [4.69, 9.17) is 5.73 Å². The quantitative estimate of drug-likeness (QED) is 0.587. The number of amides is 1. The number of nitrogens with two attached hydrogens (primary N) is 1. The van der Waals surface area contributed by atoms with Crippen LogP contribution in [0.15, 0.2) is 18.5 Å². The van der Waals surface area contributed by atoms with Gasteiger partial charge in [-0.1, -0.05) is 0 Å². The van der Waals surface area contributed by atoms with E-state index in [1.165, 1.54) is 4.90 Å². The number of nitrogen functional groups attached to an aromatic ring is 1. The lowest BCUT2D eigenvalue weighted by Crippen LogP contribution is -2.06. The normalized spacial score (nSPS) is 7.83. The van der Waals surface area contributed by atoms with Gasteiger partial charge in [0, 0.05) is 26.5 Å². The fourth-order valence-electron chi connectivity index (χ4n) is 0.311. The molecule has 0 atom stereocenters. The van der Waals surface area contributed by atoms with Gasteiger partial charge in [0.05, 0.1) is 0 Å². The Bertz CT molecular complexity index is 212. The summed E-state index contributed by atoms with van der Waals surface area (Å²) in [5.74, 6) is 0.322. The molecule has 0 saturated carbocycles. The van der Waals surface area contributed by atoms with Crippen molar-refractivity contribution in [3.05, 3.63) is 18.5 Å². The highest BCUT2D eigenvalue weighted by Gasteiger charge is 1.75. The van der Waals surface area contributed by atoms with Crippen LogP contribution in [0.2, 0.25) is 0 Å². The summed E-state index contributed by atoms with van der Waals surface area (Å²) in [4.78, 5) is 18.2. The first-order chi connectivity index (χ1) is 5.66. The van der Waals surface area contributed by atoms with Gasteiger partial charge in [0.1, 0.15) is 0 Å². The summed E-state index contributed by atoms with van der Waals surface area (Å²) in [6, 6.07) is 1.72. The van der Waals surface area contributed by atoms with Crippen LogP contribution in [0, 0.1) is 0 Å². The Morgan fingerprint density at radius 2 is 1.83 bits per heavy atom. The van der Waals surface area contributed by atoms with Crippen LogP contribution in [0.25, 0.3) is 0 Å². The first-order valence-corrected chi connectivity index (χ1v) is 3.31. The number of hydrogen-bond acceptors (Lipinski definition) is 4. The average Bonchev–Trinajstić information content (AvgIpc) is 2.07. The Balaban J connectivity index is 0.000000217. The Morgan fingerprint density at radius 3 is 2.00 bits per heavy atom. The number of rotatable bonds is 1. The third kappa shape index (κ3) is 6.47. The van der Waals surface area contributed by atoms with E-state index in [2.05, 4.69) is 9.97 Å². The van der Waals surface area contributed by atoms with Crippen LogP contribution in [-0.2, 0) is 4.79 Å². The number of nitrogens with zero attached hydrogens (tertiary/aromatic N) is 3. The zero-order valence-corrected chi connectivity index (χ0v) is 7.14. The molecule has 0 radical (unpaired) electrons. The van der Waals surface area contributed by atoms with Crippen LogP contribution in [-0.4, -0.2) is 35.4 Å². The largest absolute Gasteiger partial charge is 0.368 e. The van der Waals surface area contributed by atoms with Crippen molar-refractivity contribution in [2.45, 2.75) is 0 Å². The highest BCUT2D eigenvalue weighted by Crippen LogP contribution is 1.81. The molecule has 0 unspecified atom stereocenters. The van der Waals surface area contributed by atoms with E-state index in [1.54, 1.807) is 32.6 Å². The van der Waals surface area contributed by atoms with E-state index >= 15 is 0 Å². The van der Waals surface area contributed by atoms with Crippen molar-refractivity contribution in [3.63, 3.8) is 0 Å². The molecule has 1 heterocycles. The van der Waals surface area contributed by atoms with Gasteiger partial charge in [-0.2, -0.15) is 0 Å². The van der Waals surface area contributed by atoms with Crippen molar-refractivity contribution in [2.24, 2.45) is 0 Å². The molecule has 1 rings (SSSR count). The standard InChI is InChI=1S/C4H5N3.C3H7NO/c5-4-6-2-1-3-7-4;1-4(2)3-5/h1-3H,(H2,5,6,7);3H,1-2H3. The summed E-state index contributed by atoms with van der Waals surface area (Å²) in [7, 11) is 3.38. The Morgan fingerprint density at radius 1 is 1.42 bits per heavy atom. The molecule has 5 heteroatoms. The van der Waals surface area contributed by atoms with E-state index in [9.17, 15) is 4.79 Å². The maximum Gasteiger partial charge on any atom is 0.219 e. The fourth-order valence-corrected chi connectivity index (χ4v) is 0.311. The molecule has 0 saturated heterocycles. The second-order valence-electron chi connectivity index (χ2n) is 2.18. The van der Waals surface area contributed by atoms with Crippen LogP contribution in [0.3, 0.4) is 0 Å². The van der Waals surface area contributed by atoms with Gasteiger partial charge in [-0.15, -0.1) is 0 Å². The molecule has 1 aromatic heterocycles. The zero-order chi connectivity index (χ0) is 9.40. The Kier molecular flexibility index (Phi) is 5.25. The van der Waals surface area contributed by atoms with Gasteiger partial charge in [-0.25, -0.2) is 9.97 Å². The van der Waals surface area contributed by atoms with Crippen molar-refractivity contribution >= 4 is 12.4 Å². The van der Waals surface area contributed by atoms with Gasteiger partial charge >= 0.3 is 0 Å². The molecule has 1 amide bonds. The average molecular weight is 168 g/mol. The topological polar surface area (TPSA) is 72.1 Å². The summed E-state index contributed by atoms with van der Waals surface area (Å²) in [6.45, 7) is 0. The number of carbonyl (C=O) groups is 1. The Hall–Kier alpha value is -1.65. The lowest BCUT2D eigenvalue weighted by atomic mass is 10.7. The van der Waals surface area contributed by atoms with Crippen LogP contribution < -0.4 is 5.73 Å². The molecular weight excluding hydrogens is 156 g/mol. The third-order valence-electron chi connectivity index (χ3n) is 0.797. The highest BCUT2D eigenvalue weighted by molar-refractivity contribution is 5.45. The lowest BCUT2D eigenvalue weighted by Gasteiger charge is -1.93. The van der Waals surface area contributed by atoms with Crippen molar-refractivity contribution < 1.29 is 4.79 Å². The summed E-state index contributed by atoms with van der Waals surface area (Å²) in [5.41, 5.74) is 5.14. The first kappa shape index (κ1) is 10.3. The van der Waals surface area contributed by atoms with Crippen molar-refractivity contribution in [1.29, 1.82) is 0 Å². The molecule has 1 aromatic rings. The monoisotopic (exact) mass is 168 g/mol. The molecule has 0 aliphatic rings. The van der Waals surface area contributed by atoms with Crippen LogP contribution in [0.5, 0.6) is 0 Å². The lowest BCUT2D eigenvalue weighted by molar-refractivity contribution is -0.115. The molecule has 5 nitrogen and oxygen atoms in total. The molecular formula is C7H12N4O. The summed E-state index contributed by atoms with van der Waals surface area (Å²) >= 11 is 0. The van der Waals surface area contributed by atoms with Gasteiger partial charge in [-0.05, 0) is 6.07 Å². The SMILES string of the molecule is CN(C)C=O.Nc1ncccn1. The predicted octanol–water partition coefficient (Wildman–Crippen LogP) is -0.237. The molecule has 0 bridgehead atoms. The highest BCUT2D eigenvalue weighted by atomic mass is 16.1. The van der Waals surface area contributed by atoms with E-state index in [0.717, 1.165) is 6.41 Å². The summed E-state index contributed by atoms with van der Waals surface area (Å²) in [6.07, 6.45) is 3.95. The Labute approximate surface area is 71.2 Å². The van der Waals surface area contributed by atoms with Crippen LogP contribution in [0.4, 0.5) is 5.95 Å². The molecule has 0 aromatic carbocycles. The maximum absolute atomic E-state index is 9.43. The minimum atomic E-state index is 0.322. The number of anilines is 1. The fraction of sp³-hybridized carbons (Fsp3) is 0.286. The van der Waals surface area contributed by atoms with Crippen LogP contribution >= 0.6 is 0 Å².